The third-order valence-corrected chi connectivity index (χ3v) is 5.79. The summed E-state index contributed by atoms with van der Waals surface area (Å²) in [6, 6.07) is 27.4. The summed E-state index contributed by atoms with van der Waals surface area (Å²) in [6.07, 6.45) is 2.54. The van der Waals surface area contributed by atoms with Crippen molar-refractivity contribution in [2.24, 2.45) is 0 Å². The SMILES string of the molecule is CCOc1ccc(-c2noc(CCC(=O)NCc3cn(-c4ccccc4)nc3-c3ccccc3)n2)cc1. The number of para-hydroxylation sites is 1. The minimum absolute atomic E-state index is 0.104. The van der Waals surface area contributed by atoms with Crippen LogP contribution in [0.3, 0.4) is 0 Å². The van der Waals surface area contributed by atoms with E-state index in [0.29, 0.717) is 31.3 Å². The van der Waals surface area contributed by atoms with Gasteiger partial charge in [-0.05, 0) is 43.3 Å². The first-order valence-corrected chi connectivity index (χ1v) is 12.2. The quantitative estimate of drug-likeness (QED) is 0.286. The van der Waals surface area contributed by atoms with Gasteiger partial charge in [0.05, 0.1) is 18.0 Å². The van der Waals surface area contributed by atoms with Gasteiger partial charge in [-0.3, -0.25) is 4.79 Å². The molecule has 5 rings (SSSR count). The van der Waals surface area contributed by atoms with Crippen LogP contribution < -0.4 is 10.1 Å². The Hall–Kier alpha value is -4.72. The highest BCUT2D eigenvalue weighted by molar-refractivity contribution is 5.76. The van der Waals surface area contributed by atoms with Gasteiger partial charge in [-0.2, -0.15) is 10.1 Å². The lowest BCUT2D eigenvalue weighted by molar-refractivity contribution is -0.121. The summed E-state index contributed by atoms with van der Waals surface area (Å²) in [5, 5.41) is 11.8. The zero-order chi connectivity index (χ0) is 25.5. The number of nitrogens with one attached hydrogen (secondary N) is 1. The van der Waals surface area contributed by atoms with E-state index in [2.05, 4.69) is 15.5 Å². The first-order valence-electron chi connectivity index (χ1n) is 12.2. The lowest BCUT2D eigenvalue weighted by Gasteiger charge is -2.05. The molecule has 0 unspecified atom stereocenters. The number of aromatic nitrogens is 4. The molecule has 0 radical (unpaired) electrons. The second-order valence-corrected chi connectivity index (χ2v) is 8.39. The van der Waals surface area contributed by atoms with Crippen LogP contribution in [-0.4, -0.2) is 32.4 Å². The maximum Gasteiger partial charge on any atom is 0.227 e. The molecule has 2 heterocycles. The van der Waals surface area contributed by atoms with E-state index in [1.165, 1.54) is 0 Å². The van der Waals surface area contributed by atoms with Crippen LogP contribution in [0.4, 0.5) is 0 Å². The highest BCUT2D eigenvalue weighted by atomic mass is 16.5. The number of carbonyl (C=O) groups excluding carboxylic acids is 1. The molecule has 1 N–H and O–H groups in total. The van der Waals surface area contributed by atoms with Crippen molar-refractivity contribution < 1.29 is 14.1 Å². The second kappa shape index (κ2) is 11.3. The van der Waals surface area contributed by atoms with E-state index in [4.69, 9.17) is 14.4 Å². The molecular weight excluding hydrogens is 466 g/mol. The number of hydrogen-bond acceptors (Lipinski definition) is 6. The molecular formula is C29H27N5O3. The molecule has 0 saturated heterocycles. The van der Waals surface area contributed by atoms with E-state index in [-0.39, 0.29) is 12.3 Å². The van der Waals surface area contributed by atoms with E-state index in [1.54, 1.807) is 0 Å². The molecule has 0 saturated carbocycles. The maximum absolute atomic E-state index is 12.6. The van der Waals surface area contributed by atoms with Crippen LogP contribution in [0.25, 0.3) is 28.3 Å². The van der Waals surface area contributed by atoms with Crippen LogP contribution in [0.5, 0.6) is 5.75 Å². The lowest BCUT2D eigenvalue weighted by Crippen LogP contribution is -2.23. The molecule has 0 aliphatic heterocycles. The summed E-state index contributed by atoms with van der Waals surface area (Å²) < 4.78 is 12.7. The molecule has 0 fully saturated rings. The van der Waals surface area contributed by atoms with Gasteiger partial charge < -0.3 is 14.6 Å². The number of benzene rings is 3. The van der Waals surface area contributed by atoms with Gasteiger partial charge in [0.1, 0.15) is 5.75 Å². The summed E-state index contributed by atoms with van der Waals surface area (Å²) in [5.74, 6) is 1.59. The van der Waals surface area contributed by atoms with E-state index in [1.807, 2.05) is 103 Å². The summed E-state index contributed by atoms with van der Waals surface area (Å²) in [6.45, 7) is 2.91. The van der Waals surface area contributed by atoms with Gasteiger partial charge in [0.2, 0.25) is 17.6 Å². The fourth-order valence-electron chi connectivity index (χ4n) is 3.93. The van der Waals surface area contributed by atoms with Crippen LogP contribution in [-0.2, 0) is 17.8 Å². The van der Waals surface area contributed by atoms with Crippen LogP contribution in [0, 0.1) is 0 Å². The van der Waals surface area contributed by atoms with Gasteiger partial charge in [-0.25, -0.2) is 4.68 Å². The Kier molecular flexibility index (Phi) is 7.36. The Morgan fingerprint density at radius 2 is 1.68 bits per heavy atom. The van der Waals surface area contributed by atoms with E-state index >= 15 is 0 Å². The number of ether oxygens (including phenoxy) is 1. The van der Waals surface area contributed by atoms with E-state index < -0.39 is 0 Å². The molecule has 2 aromatic heterocycles. The van der Waals surface area contributed by atoms with Crippen molar-refractivity contribution in [1.82, 2.24) is 25.2 Å². The van der Waals surface area contributed by atoms with Gasteiger partial charge in [0, 0.05) is 42.3 Å². The summed E-state index contributed by atoms with van der Waals surface area (Å²) in [5.41, 5.74) is 4.54. The monoisotopic (exact) mass is 493 g/mol. The molecule has 0 bridgehead atoms. The Balaban J connectivity index is 1.21. The molecule has 0 aliphatic carbocycles. The molecule has 3 aromatic carbocycles. The van der Waals surface area contributed by atoms with Gasteiger partial charge >= 0.3 is 0 Å². The normalized spacial score (nSPS) is 10.8. The second-order valence-electron chi connectivity index (χ2n) is 8.39. The third kappa shape index (κ3) is 5.92. The minimum atomic E-state index is -0.104. The van der Waals surface area contributed by atoms with Crippen LogP contribution >= 0.6 is 0 Å². The number of rotatable bonds is 10. The number of nitrogens with zero attached hydrogens (tertiary/aromatic N) is 4. The Morgan fingerprint density at radius 3 is 2.41 bits per heavy atom. The predicted octanol–water partition coefficient (Wildman–Crippen LogP) is 5.24. The maximum atomic E-state index is 12.6. The largest absolute Gasteiger partial charge is 0.494 e. The third-order valence-electron chi connectivity index (χ3n) is 5.79. The molecule has 1 amide bonds. The number of carbonyl (C=O) groups is 1. The molecule has 0 spiro atoms. The van der Waals surface area contributed by atoms with Crippen molar-refractivity contribution in [2.45, 2.75) is 26.3 Å². The van der Waals surface area contributed by atoms with Crippen molar-refractivity contribution in [1.29, 1.82) is 0 Å². The zero-order valence-corrected chi connectivity index (χ0v) is 20.5. The average molecular weight is 494 g/mol. The molecule has 0 aliphatic rings. The van der Waals surface area contributed by atoms with Gasteiger partial charge in [0.25, 0.3) is 0 Å². The Labute approximate surface area is 214 Å². The first-order chi connectivity index (χ1) is 18.2. The average Bonchev–Trinajstić information content (AvgIpc) is 3.60. The van der Waals surface area contributed by atoms with Gasteiger partial charge in [-0.15, -0.1) is 0 Å². The van der Waals surface area contributed by atoms with Crippen LogP contribution in [0.2, 0.25) is 0 Å². The van der Waals surface area contributed by atoms with Crippen molar-refractivity contribution in [2.75, 3.05) is 6.61 Å². The van der Waals surface area contributed by atoms with Crippen LogP contribution in [0.1, 0.15) is 24.8 Å². The summed E-state index contributed by atoms with van der Waals surface area (Å²) in [4.78, 5) is 17.1. The standard InChI is InChI=1S/C29H27N5O3/c1-2-36-25-15-13-22(14-16-25)29-31-27(37-33-29)18-17-26(35)30-19-23-20-34(24-11-7-4-8-12-24)32-28(23)21-9-5-3-6-10-21/h3-16,20H,2,17-19H2,1H3,(H,30,35). The first kappa shape index (κ1) is 24.0. The van der Waals surface area contributed by atoms with E-state index in [0.717, 1.165) is 33.8 Å². The lowest BCUT2D eigenvalue weighted by atomic mass is 10.1. The van der Waals surface area contributed by atoms with Crippen molar-refractivity contribution in [3.05, 3.63) is 103 Å². The smallest absolute Gasteiger partial charge is 0.227 e. The van der Waals surface area contributed by atoms with Crippen molar-refractivity contribution >= 4 is 5.91 Å². The highest BCUT2D eigenvalue weighted by Gasteiger charge is 2.15. The predicted molar refractivity (Wildman–Crippen MR) is 140 cm³/mol. The molecule has 8 heteroatoms. The topological polar surface area (TPSA) is 95.1 Å². The highest BCUT2D eigenvalue weighted by Crippen LogP contribution is 2.24. The van der Waals surface area contributed by atoms with E-state index in [9.17, 15) is 4.79 Å². The minimum Gasteiger partial charge on any atom is -0.494 e. The Bertz CT molecular complexity index is 1440. The summed E-state index contributed by atoms with van der Waals surface area (Å²) in [7, 11) is 0. The molecule has 186 valence electrons. The zero-order valence-electron chi connectivity index (χ0n) is 20.5. The molecule has 37 heavy (non-hydrogen) atoms. The molecule has 5 aromatic rings. The number of hydrogen-bond donors (Lipinski definition) is 1. The number of amides is 1. The van der Waals surface area contributed by atoms with Gasteiger partial charge in [0.15, 0.2) is 0 Å². The van der Waals surface area contributed by atoms with Crippen molar-refractivity contribution in [3.63, 3.8) is 0 Å². The fourth-order valence-corrected chi connectivity index (χ4v) is 3.93. The molecule has 0 atom stereocenters. The fraction of sp³-hybridized carbons (Fsp3) is 0.172. The van der Waals surface area contributed by atoms with Crippen LogP contribution in [0.15, 0.2) is 95.6 Å². The molecule has 8 nitrogen and oxygen atoms in total. The Morgan fingerprint density at radius 1 is 0.946 bits per heavy atom. The van der Waals surface area contributed by atoms with Crippen molar-refractivity contribution in [3.8, 4) is 34.1 Å². The summed E-state index contributed by atoms with van der Waals surface area (Å²) >= 11 is 0. The number of aryl methyl sites for hydroxylation is 1. The van der Waals surface area contributed by atoms with Gasteiger partial charge in [-0.1, -0.05) is 53.7 Å².